The van der Waals surface area contributed by atoms with Crippen molar-refractivity contribution < 1.29 is 5.11 Å². The van der Waals surface area contributed by atoms with E-state index in [1.807, 2.05) is 13.1 Å². The van der Waals surface area contributed by atoms with Crippen LogP contribution in [-0.2, 0) is 12.6 Å². The molecule has 17 heavy (non-hydrogen) atoms. The molecule has 0 saturated heterocycles. The van der Waals surface area contributed by atoms with Crippen LogP contribution in [0.2, 0.25) is 5.02 Å². The lowest BCUT2D eigenvalue weighted by atomic mass is 9.93. The molecule has 1 atom stereocenters. The van der Waals surface area contributed by atoms with Gasteiger partial charge in [-0.3, -0.25) is 0 Å². The van der Waals surface area contributed by atoms with E-state index < -0.39 is 5.60 Å². The first-order valence-corrected chi connectivity index (χ1v) is 6.24. The van der Waals surface area contributed by atoms with E-state index in [2.05, 4.69) is 20.9 Å². The van der Waals surface area contributed by atoms with Crippen LogP contribution in [0.1, 0.15) is 18.2 Å². The second-order valence-corrected chi connectivity index (χ2v) is 5.44. The summed E-state index contributed by atoms with van der Waals surface area (Å²) >= 11 is 9.48. The highest BCUT2D eigenvalue weighted by molar-refractivity contribution is 9.10. The Bertz CT molecular complexity index is 551. The molecule has 1 N–H and O–H groups in total. The lowest BCUT2D eigenvalue weighted by molar-refractivity contribution is 0.0979. The van der Waals surface area contributed by atoms with Crippen molar-refractivity contribution in [2.45, 2.75) is 12.5 Å². The van der Waals surface area contributed by atoms with E-state index in [9.17, 15) is 5.11 Å². The summed E-state index contributed by atoms with van der Waals surface area (Å²) in [7, 11) is 1.86. The number of hydrogen-bond acceptors (Lipinski definition) is 2. The number of hydrogen-bond donors (Lipinski definition) is 1. The number of benzene rings is 1. The zero-order valence-electron chi connectivity index (χ0n) is 9.48. The van der Waals surface area contributed by atoms with E-state index in [1.54, 1.807) is 36.1 Å². The van der Waals surface area contributed by atoms with Crippen LogP contribution in [0.25, 0.3) is 0 Å². The first-order chi connectivity index (χ1) is 7.91. The molecule has 0 bridgehead atoms. The largest absolute Gasteiger partial charge is 0.379 e. The van der Waals surface area contributed by atoms with Crippen molar-refractivity contribution in [1.29, 1.82) is 0 Å². The Balaban J connectivity index is 2.51. The highest BCUT2D eigenvalue weighted by Crippen LogP contribution is 2.34. The smallest absolute Gasteiger partial charge is 0.132 e. The van der Waals surface area contributed by atoms with E-state index in [-0.39, 0.29) is 0 Å². The number of nitrogens with zero attached hydrogens (tertiary/aromatic N) is 2. The SMILES string of the molecule is Cn1cnc(C(C)(O)c2ccc(Br)cc2Cl)c1. The van der Waals surface area contributed by atoms with Crippen LogP contribution in [0.4, 0.5) is 0 Å². The monoisotopic (exact) mass is 314 g/mol. The van der Waals surface area contributed by atoms with Gasteiger partial charge in [-0.05, 0) is 19.1 Å². The zero-order chi connectivity index (χ0) is 12.6. The van der Waals surface area contributed by atoms with Gasteiger partial charge < -0.3 is 9.67 Å². The average molecular weight is 316 g/mol. The summed E-state index contributed by atoms with van der Waals surface area (Å²) in [6.07, 6.45) is 3.43. The Morgan fingerprint density at radius 3 is 2.71 bits per heavy atom. The summed E-state index contributed by atoms with van der Waals surface area (Å²) in [6, 6.07) is 5.40. The van der Waals surface area contributed by atoms with Crippen molar-refractivity contribution in [3.63, 3.8) is 0 Å². The van der Waals surface area contributed by atoms with Crippen molar-refractivity contribution in [3.05, 3.63) is 51.5 Å². The minimum absolute atomic E-state index is 0.509. The predicted molar refractivity (Wildman–Crippen MR) is 71.0 cm³/mol. The van der Waals surface area contributed by atoms with Crippen LogP contribution >= 0.6 is 27.5 Å². The molecule has 2 aromatic rings. The van der Waals surface area contributed by atoms with E-state index in [0.29, 0.717) is 16.3 Å². The van der Waals surface area contributed by atoms with Gasteiger partial charge in [-0.15, -0.1) is 0 Å². The van der Waals surface area contributed by atoms with Crippen molar-refractivity contribution in [2.75, 3.05) is 0 Å². The number of halogens is 2. The predicted octanol–water partition coefficient (Wildman–Crippen LogP) is 3.09. The van der Waals surface area contributed by atoms with Crippen LogP contribution in [0.15, 0.2) is 35.2 Å². The molecule has 3 nitrogen and oxygen atoms in total. The molecule has 0 aliphatic heterocycles. The van der Waals surface area contributed by atoms with Crippen molar-refractivity contribution in [1.82, 2.24) is 9.55 Å². The molecular formula is C12H12BrClN2O. The van der Waals surface area contributed by atoms with Gasteiger partial charge in [0.1, 0.15) is 5.60 Å². The fraction of sp³-hybridized carbons (Fsp3) is 0.250. The molecule has 0 fully saturated rings. The van der Waals surface area contributed by atoms with Crippen LogP contribution in [-0.4, -0.2) is 14.7 Å². The quantitative estimate of drug-likeness (QED) is 0.925. The highest BCUT2D eigenvalue weighted by Gasteiger charge is 2.30. The maximum absolute atomic E-state index is 10.6. The zero-order valence-corrected chi connectivity index (χ0v) is 11.8. The number of aromatic nitrogens is 2. The molecule has 5 heteroatoms. The van der Waals surface area contributed by atoms with Crippen molar-refractivity contribution in [3.8, 4) is 0 Å². The molecular weight excluding hydrogens is 304 g/mol. The third-order valence-corrected chi connectivity index (χ3v) is 3.47. The molecule has 1 heterocycles. The Morgan fingerprint density at radius 2 is 2.18 bits per heavy atom. The first-order valence-electron chi connectivity index (χ1n) is 5.07. The fourth-order valence-electron chi connectivity index (χ4n) is 1.69. The van der Waals surface area contributed by atoms with Gasteiger partial charge >= 0.3 is 0 Å². The molecule has 0 saturated carbocycles. The summed E-state index contributed by atoms with van der Waals surface area (Å²) < 4.78 is 2.67. The number of aryl methyl sites for hydroxylation is 1. The van der Waals surface area contributed by atoms with Gasteiger partial charge in [-0.2, -0.15) is 0 Å². The maximum atomic E-state index is 10.6. The van der Waals surface area contributed by atoms with Crippen molar-refractivity contribution >= 4 is 27.5 Å². The normalized spacial score (nSPS) is 14.6. The fourth-order valence-corrected chi connectivity index (χ4v) is 2.54. The molecule has 0 amide bonds. The average Bonchev–Trinajstić information content (AvgIpc) is 2.64. The summed E-state index contributed by atoms with van der Waals surface area (Å²) in [5.74, 6) is 0. The minimum atomic E-state index is -1.20. The highest BCUT2D eigenvalue weighted by atomic mass is 79.9. The maximum Gasteiger partial charge on any atom is 0.132 e. The third kappa shape index (κ3) is 2.39. The van der Waals surface area contributed by atoms with E-state index in [1.165, 1.54) is 0 Å². The molecule has 0 radical (unpaired) electrons. The summed E-state index contributed by atoms with van der Waals surface area (Å²) in [5, 5.41) is 11.1. The van der Waals surface area contributed by atoms with Crippen LogP contribution in [0, 0.1) is 0 Å². The molecule has 1 aromatic heterocycles. The van der Waals surface area contributed by atoms with Gasteiger partial charge in [0.2, 0.25) is 0 Å². The molecule has 0 spiro atoms. The van der Waals surface area contributed by atoms with Gasteiger partial charge in [0.05, 0.1) is 12.0 Å². The van der Waals surface area contributed by atoms with Crippen LogP contribution < -0.4 is 0 Å². The molecule has 0 aliphatic rings. The number of rotatable bonds is 2. The number of aliphatic hydroxyl groups is 1. The lowest BCUT2D eigenvalue weighted by Gasteiger charge is -2.23. The Hall–Kier alpha value is -0.840. The van der Waals surface area contributed by atoms with Gasteiger partial charge in [0.25, 0.3) is 0 Å². The first kappa shape index (κ1) is 12.6. The summed E-state index contributed by atoms with van der Waals surface area (Å²) in [5.41, 5.74) is 0.0178. The second kappa shape index (κ2) is 4.44. The summed E-state index contributed by atoms with van der Waals surface area (Å²) in [6.45, 7) is 1.68. The van der Waals surface area contributed by atoms with Gasteiger partial charge in [-0.1, -0.05) is 33.6 Å². The lowest BCUT2D eigenvalue weighted by Crippen LogP contribution is -2.23. The van der Waals surface area contributed by atoms with E-state index >= 15 is 0 Å². The van der Waals surface area contributed by atoms with E-state index in [0.717, 1.165) is 4.47 Å². The van der Waals surface area contributed by atoms with Crippen molar-refractivity contribution in [2.24, 2.45) is 7.05 Å². The molecule has 1 aromatic carbocycles. The topological polar surface area (TPSA) is 38.0 Å². The van der Waals surface area contributed by atoms with Gasteiger partial charge in [0.15, 0.2) is 0 Å². The third-order valence-electron chi connectivity index (χ3n) is 2.66. The van der Waals surface area contributed by atoms with Gasteiger partial charge in [-0.25, -0.2) is 4.98 Å². The molecule has 2 rings (SSSR count). The Kier molecular flexibility index (Phi) is 3.30. The van der Waals surface area contributed by atoms with Gasteiger partial charge in [0, 0.05) is 28.3 Å². The standard InChI is InChI=1S/C12H12BrClN2O/c1-12(17,11-6-16(2)7-15-11)9-4-3-8(13)5-10(9)14/h3-7,17H,1-2H3. The van der Waals surface area contributed by atoms with Crippen LogP contribution in [0.5, 0.6) is 0 Å². The Labute approximate surface area is 113 Å². The van der Waals surface area contributed by atoms with E-state index in [4.69, 9.17) is 11.6 Å². The summed E-state index contributed by atoms with van der Waals surface area (Å²) in [4.78, 5) is 4.17. The minimum Gasteiger partial charge on any atom is -0.379 e. The molecule has 0 aliphatic carbocycles. The Morgan fingerprint density at radius 1 is 1.47 bits per heavy atom. The number of imidazole rings is 1. The molecule has 1 unspecified atom stereocenters. The second-order valence-electron chi connectivity index (χ2n) is 4.12. The molecule has 90 valence electrons. The van der Waals surface area contributed by atoms with Crippen LogP contribution in [0.3, 0.4) is 0 Å².